The highest BCUT2D eigenvalue weighted by atomic mass is 19.4. The monoisotopic (exact) mass is 482 g/mol. The van der Waals surface area contributed by atoms with Gasteiger partial charge in [0, 0.05) is 11.6 Å². The summed E-state index contributed by atoms with van der Waals surface area (Å²) >= 11 is 0. The number of fused-ring (bicyclic) bond motifs is 1. The van der Waals surface area contributed by atoms with Crippen molar-refractivity contribution in [1.29, 1.82) is 0 Å². The zero-order valence-electron chi connectivity index (χ0n) is 17.7. The van der Waals surface area contributed by atoms with Crippen LogP contribution >= 0.6 is 0 Å². The molecule has 0 fully saturated rings. The summed E-state index contributed by atoms with van der Waals surface area (Å²) in [4.78, 5) is 16.9. The van der Waals surface area contributed by atoms with Crippen molar-refractivity contribution in [2.45, 2.75) is 12.8 Å². The first-order valence-corrected chi connectivity index (χ1v) is 10.2. The normalized spacial score (nSPS) is 11.7. The molecule has 10 heteroatoms. The van der Waals surface area contributed by atoms with Gasteiger partial charge in [-0.2, -0.15) is 18.2 Å². The lowest BCUT2D eigenvalue weighted by atomic mass is 10.1. The van der Waals surface area contributed by atoms with Crippen molar-refractivity contribution in [3.05, 3.63) is 100 Å². The topological polar surface area (TPSA) is 78.4 Å². The van der Waals surface area contributed by atoms with E-state index in [1.165, 1.54) is 48.7 Å². The third-order valence-electron chi connectivity index (χ3n) is 5.15. The Balaban J connectivity index is 1.34. The van der Waals surface area contributed by atoms with Gasteiger partial charge in [0.15, 0.2) is 12.0 Å². The molecule has 0 aliphatic carbocycles. The summed E-state index contributed by atoms with van der Waals surface area (Å²) in [6.45, 7) is -0.139. The van der Waals surface area contributed by atoms with E-state index in [2.05, 4.69) is 10.1 Å². The molecular formula is C25H14F4N2O4. The first kappa shape index (κ1) is 22.3. The van der Waals surface area contributed by atoms with Gasteiger partial charge in [0.25, 0.3) is 5.89 Å². The van der Waals surface area contributed by atoms with Gasteiger partial charge in [-0.1, -0.05) is 23.4 Å². The Bertz CT molecular complexity index is 1590. The van der Waals surface area contributed by atoms with Crippen LogP contribution in [0.25, 0.3) is 33.6 Å². The highest BCUT2D eigenvalue weighted by Gasteiger charge is 2.30. The molecule has 0 radical (unpaired) electrons. The fourth-order valence-corrected chi connectivity index (χ4v) is 3.46. The maximum atomic E-state index is 13.5. The van der Waals surface area contributed by atoms with Gasteiger partial charge in [-0.3, -0.25) is 4.79 Å². The van der Waals surface area contributed by atoms with Crippen LogP contribution in [0, 0.1) is 5.82 Å². The largest absolute Gasteiger partial charge is 0.485 e. The lowest BCUT2D eigenvalue weighted by Crippen LogP contribution is -2.05. The van der Waals surface area contributed by atoms with Gasteiger partial charge in [-0.05, 0) is 48.0 Å². The van der Waals surface area contributed by atoms with E-state index in [-0.39, 0.29) is 45.8 Å². The summed E-state index contributed by atoms with van der Waals surface area (Å²) in [7, 11) is 0. The van der Waals surface area contributed by atoms with E-state index in [4.69, 9.17) is 13.7 Å². The van der Waals surface area contributed by atoms with Crippen molar-refractivity contribution < 1.29 is 31.2 Å². The Kier molecular flexibility index (Phi) is 5.56. The second-order valence-electron chi connectivity index (χ2n) is 7.53. The van der Waals surface area contributed by atoms with E-state index in [1.807, 2.05) is 0 Å². The zero-order chi connectivity index (χ0) is 24.6. The number of halogens is 4. The lowest BCUT2D eigenvalue weighted by Gasteiger charge is -2.06. The highest BCUT2D eigenvalue weighted by molar-refractivity contribution is 5.82. The molecule has 6 nitrogen and oxygen atoms in total. The van der Waals surface area contributed by atoms with Crippen molar-refractivity contribution in [2.24, 2.45) is 0 Å². The minimum atomic E-state index is -4.49. The Hall–Kier alpha value is -4.47. The van der Waals surface area contributed by atoms with Gasteiger partial charge in [-0.25, -0.2) is 4.39 Å². The van der Waals surface area contributed by atoms with Crippen LogP contribution in [-0.4, -0.2) is 10.1 Å². The summed E-state index contributed by atoms with van der Waals surface area (Å²) in [5.41, 5.74) is -0.156. The average Bonchev–Trinajstić information content (AvgIpc) is 3.32. The Morgan fingerprint density at radius 2 is 1.74 bits per heavy atom. The Morgan fingerprint density at radius 3 is 2.54 bits per heavy atom. The lowest BCUT2D eigenvalue weighted by molar-refractivity contribution is -0.137. The molecular weight excluding hydrogens is 468 g/mol. The molecule has 176 valence electrons. The molecule has 0 saturated carbocycles. The van der Waals surface area contributed by atoms with Gasteiger partial charge in [0.1, 0.15) is 23.4 Å². The molecule has 0 N–H and O–H groups in total. The first-order chi connectivity index (χ1) is 16.8. The van der Waals surface area contributed by atoms with Crippen LogP contribution in [0.3, 0.4) is 0 Å². The Labute approximate surface area is 194 Å². The van der Waals surface area contributed by atoms with E-state index in [9.17, 15) is 22.4 Å². The summed E-state index contributed by atoms with van der Waals surface area (Å²) in [6.07, 6.45) is -3.24. The summed E-state index contributed by atoms with van der Waals surface area (Å²) in [5.74, 6) is -0.0995. The summed E-state index contributed by atoms with van der Waals surface area (Å²) in [6, 6.07) is 14.7. The minimum absolute atomic E-state index is 0.0795. The number of alkyl halides is 3. The fraction of sp³-hybridized carbons (Fsp3) is 0.0800. The van der Waals surface area contributed by atoms with E-state index in [0.29, 0.717) is 11.3 Å². The molecule has 3 aromatic carbocycles. The number of rotatable bonds is 5. The molecule has 2 aromatic heterocycles. The second kappa shape index (κ2) is 8.71. The van der Waals surface area contributed by atoms with Gasteiger partial charge >= 0.3 is 6.18 Å². The van der Waals surface area contributed by atoms with Gasteiger partial charge in [0.2, 0.25) is 5.82 Å². The molecule has 0 atom stereocenters. The van der Waals surface area contributed by atoms with Crippen LogP contribution in [0.1, 0.15) is 11.4 Å². The number of ether oxygens (including phenoxy) is 1. The molecule has 5 aromatic rings. The van der Waals surface area contributed by atoms with Crippen LogP contribution in [-0.2, 0) is 12.8 Å². The zero-order valence-corrected chi connectivity index (χ0v) is 17.7. The van der Waals surface area contributed by atoms with Gasteiger partial charge in [0.05, 0.1) is 16.5 Å². The molecule has 0 spiro atoms. The molecule has 2 heterocycles. The molecule has 35 heavy (non-hydrogen) atoms. The quantitative estimate of drug-likeness (QED) is 0.276. The predicted molar refractivity (Wildman–Crippen MR) is 117 cm³/mol. The average molecular weight is 482 g/mol. The van der Waals surface area contributed by atoms with Crippen molar-refractivity contribution in [1.82, 2.24) is 10.1 Å². The fourth-order valence-electron chi connectivity index (χ4n) is 3.46. The minimum Gasteiger partial charge on any atom is -0.485 e. The summed E-state index contributed by atoms with van der Waals surface area (Å²) < 4.78 is 68.6. The van der Waals surface area contributed by atoms with Gasteiger partial charge in [-0.15, -0.1) is 0 Å². The van der Waals surface area contributed by atoms with Crippen LogP contribution in [0.4, 0.5) is 17.6 Å². The van der Waals surface area contributed by atoms with Crippen LogP contribution in [0.2, 0.25) is 0 Å². The van der Waals surface area contributed by atoms with Crippen LogP contribution in [0.15, 0.2) is 86.7 Å². The molecule has 0 amide bonds. The molecule has 0 bridgehead atoms. The van der Waals surface area contributed by atoms with Crippen molar-refractivity contribution in [2.75, 3.05) is 0 Å². The second-order valence-corrected chi connectivity index (χ2v) is 7.53. The number of hydrogen-bond donors (Lipinski definition) is 0. The van der Waals surface area contributed by atoms with Crippen molar-refractivity contribution in [3.8, 4) is 28.3 Å². The molecule has 5 rings (SSSR count). The van der Waals surface area contributed by atoms with Gasteiger partial charge < -0.3 is 13.7 Å². The third kappa shape index (κ3) is 4.63. The van der Waals surface area contributed by atoms with Crippen molar-refractivity contribution >= 4 is 11.0 Å². The van der Waals surface area contributed by atoms with Crippen LogP contribution in [0.5, 0.6) is 5.75 Å². The number of nitrogens with zero attached hydrogens (tertiary/aromatic N) is 2. The highest BCUT2D eigenvalue weighted by Crippen LogP contribution is 2.32. The Morgan fingerprint density at radius 1 is 0.943 bits per heavy atom. The maximum absolute atomic E-state index is 13.5. The van der Waals surface area contributed by atoms with E-state index < -0.39 is 17.6 Å². The predicted octanol–water partition coefficient (Wildman–Crippen LogP) is 6.25. The summed E-state index contributed by atoms with van der Waals surface area (Å²) in [5, 5.41) is 4.01. The number of benzene rings is 3. The molecule has 0 aliphatic rings. The van der Waals surface area contributed by atoms with Crippen molar-refractivity contribution in [3.63, 3.8) is 0 Å². The van der Waals surface area contributed by atoms with Crippen LogP contribution < -0.4 is 10.2 Å². The van der Waals surface area contributed by atoms with E-state index in [0.717, 1.165) is 12.1 Å². The molecule has 0 aliphatic heterocycles. The standard InChI is InChI=1S/C25H14F4N2O4/c26-17-6-2-3-14(10-17)20-12-34-21-11-18(7-8-19(21)23(20)32)33-13-22-30-24(35-31-22)15-4-1-5-16(9-15)25(27,28)29/h1-12H,13H2. The molecule has 0 unspecified atom stereocenters. The number of hydrogen-bond acceptors (Lipinski definition) is 6. The molecule has 0 saturated heterocycles. The third-order valence-corrected chi connectivity index (χ3v) is 5.15. The first-order valence-electron chi connectivity index (χ1n) is 10.2. The smallest absolute Gasteiger partial charge is 0.416 e. The SMILES string of the molecule is O=c1c(-c2cccc(F)c2)coc2cc(OCc3noc(-c4cccc(C(F)(F)F)c4)n3)ccc12. The maximum Gasteiger partial charge on any atom is 0.416 e. The van der Waals surface area contributed by atoms with E-state index in [1.54, 1.807) is 12.1 Å². The van der Waals surface area contributed by atoms with E-state index >= 15 is 0 Å². The number of aromatic nitrogens is 2.